The first-order valence-corrected chi connectivity index (χ1v) is 8.91. The van der Waals surface area contributed by atoms with E-state index in [1.807, 2.05) is 13.8 Å². The molecule has 106 valence electrons. The minimum Gasteiger partial charge on any atom is -0.379 e. The van der Waals surface area contributed by atoms with Crippen molar-refractivity contribution in [2.45, 2.75) is 64.3 Å². The van der Waals surface area contributed by atoms with Gasteiger partial charge in [-0.2, -0.15) is 0 Å². The van der Waals surface area contributed by atoms with Crippen molar-refractivity contribution in [2.24, 2.45) is 5.92 Å². The SMILES string of the molecule is CCOC(OCC)O[SiH2]CCC1CCC2OC2C1. The molecule has 1 saturated heterocycles. The summed E-state index contributed by atoms with van der Waals surface area (Å²) in [4.78, 5) is 0. The Hall–Kier alpha value is 0.0569. The third-order valence-electron chi connectivity index (χ3n) is 3.73. The van der Waals surface area contributed by atoms with E-state index in [9.17, 15) is 0 Å². The highest BCUT2D eigenvalue weighted by molar-refractivity contribution is 6.27. The molecule has 0 bridgehead atoms. The topological polar surface area (TPSA) is 40.2 Å². The molecule has 1 aliphatic heterocycles. The first-order valence-electron chi connectivity index (χ1n) is 7.33. The van der Waals surface area contributed by atoms with Crippen molar-refractivity contribution in [3.05, 3.63) is 0 Å². The molecule has 2 aliphatic rings. The molecule has 1 heterocycles. The Balaban J connectivity index is 1.51. The Labute approximate surface area is 112 Å². The maximum absolute atomic E-state index is 5.71. The Morgan fingerprint density at radius 3 is 2.61 bits per heavy atom. The molecule has 5 heteroatoms. The lowest BCUT2D eigenvalue weighted by Crippen LogP contribution is -2.23. The van der Waals surface area contributed by atoms with Gasteiger partial charge in [-0.3, -0.25) is 0 Å². The predicted octanol–water partition coefficient (Wildman–Crippen LogP) is 1.82. The smallest absolute Gasteiger partial charge is 0.261 e. The van der Waals surface area contributed by atoms with Crippen LogP contribution in [0.1, 0.15) is 39.5 Å². The van der Waals surface area contributed by atoms with E-state index in [4.69, 9.17) is 18.6 Å². The summed E-state index contributed by atoms with van der Waals surface area (Å²) < 4.78 is 22.0. The molecular formula is C13H26O4Si. The van der Waals surface area contributed by atoms with Crippen LogP contribution in [0.15, 0.2) is 0 Å². The first-order chi connectivity index (χ1) is 8.83. The maximum Gasteiger partial charge on any atom is 0.261 e. The Bertz CT molecular complexity index is 229. The molecule has 2 fully saturated rings. The molecule has 0 radical (unpaired) electrons. The van der Waals surface area contributed by atoms with Crippen molar-refractivity contribution in [3.63, 3.8) is 0 Å². The van der Waals surface area contributed by atoms with Crippen molar-refractivity contribution in [3.8, 4) is 0 Å². The fourth-order valence-electron chi connectivity index (χ4n) is 2.72. The van der Waals surface area contributed by atoms with E-state index in [1.54, 1.807) is 0 Å². The molecule has 1 saturated carbocycles. The standard InChI is InChI=1S/C13H26O4Si/c1-3-14-13(15-4-2)17-18-8-7-10-5-6-11-12(9-10)16-11/h10-13H,3-9,18H2,1-2H3. The molecule has 0 N–H and O–H groups in total. The van der Waals surface area contributed by atoms with E-state index in [1.165, 1.54) is 31.7 Å². The van der Waals surface area contributed by atoms with E-state index < -0.39 is 16.2 Å². The van der Waals surface area contributed by atoms with Gasteiger partial charge in [-0.25, -0.2) is 0 Å². The Kier molecular flexibility index (Phi) is 6.11. The van der Waals surface area contributed by atoms with Crippen LogP contribution in [-0.4, -0.2) is 41.7 Å². The average molecular weight is 274 g/mol. The molecule has 3 atom stereocenters. The van der Waals surface area contributed by atoms with E-state index in [0.717, 1.165) is 5.92 Å². The number of hydrogen-bond acceptors (Lipinski definition) is 4. The normalized spacial score (nSPS) is 31.2. The predicted molar refractivity (Wildman–Crippen MR) is 72.1 cm³/mol. The van der Waals surface area contributed by atoms with Crippen LogP contribution in [0, 0.1) is 5.92 Å². The van der Waals surface area contributed by atoms with Gasteiger partial charge in [0.05, 0.1) is 12.2 Å². The van der Waals surface area contributed by atoms with E-state index >= 15 is 0 Å². The van der Waals surface area contributed by atoms with Crippen LogP contribution in [-0.2, 0) is 18.6 Å². The van der Waals surface area contributed by atoms with Gasteiger partial charge in [0, 0.05) is 13.2 Å². The van der Waals surface area contributed by atoms with Crippen LogP contribution in [0.3, 0.4) is 0 Å². The number of rotatable bonds is 9. The van der Waals surface area contributed by atoms with Crippen LogP contribution in [0.25, 0.3) is 0 Å². The second-order valence-corrected chi connectivity index (χ2v) is 6.55. The minimum absolute atomic E-state index is 0.422. The quantitative estimate of drug-likeness (QED) is 0.278. The zero-order valence-corrected chi connectivity index (χ0v) is 13.0. The van der Waals surface area contributed by atoms with E-state index in [-0.39, 0.29) is 0 Å². The molecule has 0 aromatic heterocycles. The van der Waals surface area contributed by atoms with Crippen LogP contribution < -0.4 is 0 Å². The van der Waals surface area contributed by atoms with Crippen LogP contribution in [0.2, 0.25) is 6.04 Å². The van der Waals surface area contributed by atoms with Crippen molar-refractivity contribution in [1.29, 1.82) is 0 Å². The Morgan fingerprint density at radius 2 is 1.94 bits per heavy atom. The number of ether oxygens (including phenoxy) is 3. The fraction of sp³-hybridized carbons (Fsp3) is 1.00. The average Bonchev–Trinajstić information content (AvgIpc) is 3.13. The summed E-state index contributed by atoms with van der Waals surface area (Å²) in [6.07, 6.45) is 6.41. The molecule has 2 rings (SSSR count). The summed E-state index contributed by atoms with van der Waals surface area (Å²) in [6, 6.07) is 1.22. The molecular weight excluding hydrogens is 248 g/mol. The van der Waals surface area contributed by atoms with Crippen LogP contribution in [0.5, 0.6) is 0 Å². The van der Waals surface area contributed by atoms with Crippen LogP contribution >= 0.6 is 0 Å². The summed E-state index contributed by atoms with van der Waals surface area (Å²) in [5, 5.41) is 0. The highest BCUT2D eigenvalue weighted by atomic mass is 28.2. The fourth-order valence-corrected chi connectivity index (χ4v) is 4.01. The molecule has 18 heavy (non-hydrogen) atoms. The highest BCUT2D eigenvalue weighted by Gasteiger charge is 2.43. The highest BCUT2D eigenvalue weighted by Crippen LogP contribution is 2.40. The largest absolute Gasteiger partial charge is 0.379 e. The third-order valence-corrected chi connectivity index (χ3v) is 4.93. The van der Waals surface area contributed by atoms with Gasteiger partial charge in [0.25, 0.3) is 6.48 Å². The Morgan fingerprint density at radius 1 is 1.17 bits per heavy atom. The zero-order valence-electron chi connectivity index (χ0n) is 11.6. The molecule has 0 aromatic rings. The van der Waals surface area contributed by atoms with Gasteiger partial charge in [-0.1, -0.05) is 6.42 Å². The lowest BCUT2D eigenvalue weighted by Gasteiger charge is -2.20. The van der Waals surface area contributed by atoms with Crippen molar-refractivity contribution in [1.82, 2.24) is 0 Å². The number of fused-ring (bicyclic) bond motifs is 1. The molecule has 4 nitrogen and oxygen atoms in total. The zero-order chi connectivity index (χ0) is 12.8. The lowest BCUT2D eigenvalue weighted by molar-refractivity contribution is -0.243. The van der Waals surface area contributed by atoms with Gasteiger partial charge >= 0.3 is 0 Å². The second kappa shape index (κ2) is 7.60. The van der Waals surface area contributed by atoms with Gasteiger partial charge in [0.15, 0.2) is 9.76 Å². The monoisotopic (exact) mass is 274 g/mol. The minimum atomic E-state index is -0.516. The van der Waals surface area contributed by atoms with E-state index in [0.29, 0.717) is 25.4 Å². The summed E-state index contributed by atoms with van der Waals surface area (Å²) in [6.45, 7) is 4.79. The number of hydrogen-bond donors (Lipinski definition) is 0. The molecule has 0 spiro atoms. The van der Waals surface area contributed by atoms with Gasteiger partial charge in [-0.05, 0) is 45.1 Å². The van der Waals surface area contributed by atoms with Gasteiger partial charge < -0.3 is 18.6 Å². The van der Waals surface area contributed by atoms with Crippen molar-refractivity contribution in [2.75, 3.05) is 13.2 Å². The van der Waals surface area contributed by atoms with Gasteiger partial charge in [0.2, 0.25) is 0 Å². The third kappa shape index (κ3) is 4.62. The number of epoxide rings is 1. The maximum atomic E-state index is 5.71. The molecule has 1 aliphatic carbocycles. The molecule has 0 aromatic carbocycles. The summed E-state index contributed by atoms with van der Waals surface area (Å²) in [5.74, 6) is 0.863. The molecule has 3 unspecified atom stereocenters. The lowest BCUT2D eigenvalue weighted by atomic mass is 9.88. The van der Waals surface area contributed by atoms with Crippen molar-refractivity contribution < 1.29 is 18.6 Å². The van der Waals surface area contributed by atoms with Crippen LogP contribution in [0.4, 0.5) is 0 Å². The van der Waals surface area contributed by atoms with Gasteiger partial charge in [-0.15, -0.1) is 0 Å². The second-order valence-electron chi connectivity index (χ2n) is 5.10. The molecule has 0 amide bonds. The van der Waals surface area contributed by atoms with Crippen molar-refractivity contribution >= 4 is 9.76 Å². The summed E-state index contributed by atoms with van der Waals surface area (Å²) >= 11 is 0. The first kappa shape index (κ1) is 14.5. The van der Waals surface area contributed by atoms with Gasteiger partial charge in [0.1, 0.15) is 0 Å². The summed E-state index contributed by atoms with van der Waals surface area (Å²) in [7, 11) is -0.516. The summed E-state index contributed by atoms with van der Waals surface area (Å²) in [5.41, 5.74) is 0. The van der Waals surface area contributed by atoms with E-state index in [2.05, 4.69) is 0 Å².